The molecule has 0 saturated carbocycles. The van der Waals surface area contributed by atoms with Gasteiger partial charge in [0.05, 0.1) is 11.0 Å². The summed E-state index contributed by atoms with van der Waals surface area (Å²) in [7, 11) is 0. The van der Waals surface area contributed by atoms with Crippen LogP contribution < -0.4 is 0 Å². The van der Waals surface area contributed by atoms with E-state index in [0.29, 0.717) is 0 Å². The molecule has 0 spiro atoms. The fraction of sp³-hybridized carbons (Fsp3) is 0. The third-order valence-electron chi connectivity index (χ3n) is 6.45. The number of para-hydroxylation sites is 2. The molecule has 0 bridgehead atoms. The summed E-state index contributed by atoms with van der Waals surface area (Å²) in [6, 6.07) is 33.9. The molecule has 7 rings (SSSR count). The maximum Gasteiger partial charge on any atom is 0.159 e. The first-order valence-corrected chi connectivity index (χ1v) is 11.3. The van der Waals surface area contributed by atoms with Crippen LogP contribution >= 0.6 is 0 Å². The van der Waals surface area contributed by atoms with Crippen LogP contribution in [0.3, 0.4) is 0 Å². The Hall–Kier alpha value is -4.70. The van der Waals surface area contributed by atoms with Gasteiger partial charge in [0.25, 0.3) is 0 Å². The minimum Gasteiger partial charge on any atom is -0.323 e. The summed E-state index contributed by atoms with van der Waals surface area (Å²) in [6.07, 6.45) is 7.96. The molecule has 0 aliphatic carbocycles. The van der Waals surface area contributed by atoms with E-state index in [-0.39, 0.29) is 0 Å². The first kappa shape index (κ1) is 18.8. The minimum absolute atomic E-state index is 0.723. The van der Waals surface area contributed by atoms with E-state index in [0.717, 1.165) is 33.7 Å². The van der Waals surface area contributed by atoms with Gasteiger partial charge in [0, 0.05) is 63.5 Å². The SMILES string of the molecule is c1ccc2c(c1)c1ccccc1n2-c1ccc(-c2ncc(-c3cc4ccccn4c3)cn2)cc1. The highest BCUT2D eigenvalue weighted by molar-refractivity contribution is 6.09. The van der Waals surface area contributed by atoms with Gasteiger partial charge in [-0.3, -0.25) is 0 Å². The number of pyridine rings is 1. The Morgan fingerprint density at radius 1 is 0.559 bits per heavy atom. The molecule has 0 radical (unpaired) electrons. The summed E-state index contributed by atoms with van der Waals surface area (Å²) in [5, 5.41) is 2.53. The quantitative estimate of drug-likeness (QED) is 0.295. The first-order valence-electron chi connectivity index (χ1n) is 11.3. The van der Waals surface area contributed by atoms with Crippen molar-refractivity contribution in [1.82, 2.24) is 18.9 Å². The molecule has 0 atom stereocenters. The number of nitrogens with zero attached hydrogens (tertiary/aromatic N) is 4. The summed E-state index contributed by atoms with van der Waals surface area (Å²) in [6.45, 7) is 0. The number of rotatable bonds is 3. The highest BCUT2D eigenvalue weighted by Gasteiger charge is 2.12. The second-order valence-corrected chi connectivity index (χ2v) is 8.47. The molecule has 7 aromatic rings. The molecular formula is C30H20N4. The molecule has 0 saturated heterocycles. The Morgan fingerprint density at radius 3 is 1.88 bits per heavy atom. The summed E-state index contributed by atoms with van der Waals surface area (Å²) in [5.74, 6) is 0.723. The van der Waals surface area contributed by atoms with Crippen LogP contribution in [0, 0.1) is 0 Å². The van der Waals surface area contributed by atoms with E-state index >= 15 is 0 Å². The highest BCUT2D eigenvalue weighted by Crippen LogP contribution is 2.32. The lowest BCUT2D eigenvalue weighted by molar-refractivity contribution is 1.16. The van der Waals surface area contributed by atoms with Gasteiger partial charge < -0.3 is 8.97 Å². The molecular weight excluding hydrogens is 416 g/mol. The van der Waals surface area contributed by atoms with Gasteiger partial charge in [-0.25, -0.2) is 9.97 Å². The number of benzene rings is 3. The van der Waals surface area contributed by atoms with E-state index in [1.165, 1.54) is 21.8 Å². The number of hydrogen-bond acceptors (Lipinski definition) is 2. The summed E-state index contributed by atoms with van der Waals surface area (Å²) >= 11 is 0. The molecule has 34 heavy (non-hydrogen) atoms. The van der Waals surface area contributed by atoms with Crippen molar-refractivity contribution in [2.45, 2.75) is 0 Å². The zero-order valence-electron chi connectivity index (χ0n) is 18.3. The number of hydrogen-bond donors (Lipinski definition) is 0. The fourth-order valence-electron chi connectivity index (χ4n) is 4.80. The molecule has 0 aliphatic heterocycles. The van der Waals surface area contributed by atoms with Crippen molar-refractivity contribution in [2.24, 2.45) is 0 Å². The van der Waals surface area contributed by atoms with Crippen LogP contribution in [0.2, 0.25) is 0 Å². The smallest absolute Gasteiger partial charge is 0.159 e. The van der Waals surface area contributed by atoms with Crippen molar-refractivity contribution in [3.8, 4) is 28.2 Å². The lowest BCUT2D eigenvalue weighted by Gasteiger charge is -2.09. The first-order chi connectivity index (χ1) is 16.8. The summed E-state index contributed by atoms with van der Waals surface area (Å²) in [5.41, 5.74) is 7.81. The van der Waals surface area contributed by atoms with Crippen LogP contribution in [0.5, 0.6) is 0 Å². The molecule has 0 fully saturated rings. The van der Waals surface area contributed by atoms with E-state index in [1.807, 2.05) is 30.7 Å². The van der Waals surface area contributed by atoms with E-state index in [2.05, 4.69) is 110 Å². The lowest BCUT2D eigenvalue weighted by Crippen LogP contribution is -1.94. The average molecular weight is 437 g/mol. The second kappa shape index (κ2) is 7.42. The molecule has 0 aliphatic rings. The molecule has 4 heterocycles. The van der Waals surface area contributed by atoms with Crippen molar-refractivity contribution < 1.29 is 0 Å². The number of aromatic nitrogens is 4. The normalized spacial score (nSPS) is 11.5. The van der Waals surface area contributed by atoms with Crippen LogP contribution in [-0.4, -0.2) is 18.9 Å². The zero-order valence-corrected chi connectivity index (χ0v) is 18.3. The van der Waals surface area contributed by atoms with Gasteiger partial charge in [-0.1, -0.05) is 42.5 Å². The predicted octanol–water partition coefficient (Wildman–Crippen LogP) is 7.16. The third-order valence-corrected chi connectivity index (χ3v) is 6.45. The van der Waals surface area contributed by atoms with Crippen LogP contribution in [-0.2, 0) is 0 Å². The van der Waals surface area contributed by atoms with Crippen molar-refractivity contribution in [3.63, 3.8) is 0 Å². The lowest BCUT2D eigenvalue weighted by atomic mass is 10.1. The highest BCUT2D eigenvalue weighted by atomic mass is 15.0. The maximum atomic E-state index is 4.66. The number of fused-ring (bicyclic) bond motifs is 4. The predicted molar refractivity (Wildman–Crippen MR) is 138 cm³/mol. The molecule has 3 aromatic carbocycles. The van der Waals surface area contributed by atoms with Crippen LogP contribution in [0.4, 0.5) is 0 Å². The average Bonchev–Trinajstić information content (AvgIpc) is 3.49. The Balaban J connectivity index is 1.25. The fourth-order valence-corrected chi connectivity index (χ4v) is 4.80. The monoisotopic (exact) mass is 436 g/mol. The Kier molecular flexibility index (Phi) is 4.11. The van der Waals surface area contributed by atoms with E-state index in [9.17, 15) is 0 Å². The van der Waals surface area contributed by atoms with Crippen LogP contribution in [0.1, 0.15) is 0 Å². The molecule has 0 N–H and O–H groups in total. The molecule has 0 amide bonds. The molecule has 0 unspecified atom stereocenters. The van der Waals surface area contributed by atoms with E-state index in [4.69, 9.17) is 0 Å². The molecule has 4 heteroatoms. The molecule has 4 aromatic heterocycles. The zero-order chi connectivity index (χ0) is 22.5. The third kappa shape index (κ3) is 2.93. The van der Waals surface area contributed by atoms with Crippen LogP contribution in [0.15, 0.2) is 122 Å². The molecule has 4 nitrogen and oxygen atoms in total. The van der Waals surface area contributed by atoms with Gasteiger partial charge in [-0.2, -0.15) is 0 Å². The minimum atomic E-state index is 0.723. The second-order valence-electron chi connectivity index (χ2n) is 8.47. The van der Waals surface area contributed by atoms with Crippen molar-refractivity contribution in [2.75, 3.05) is 0 Å². The van der Waals surface area contributed by atoms with Gasteiger partial charge >= 0.3 is 0 Å². The van der Waals surface area contributed by atoms with Crippen molar-refractivity contribution in [3.05, 3.63) is 122 Å². The van der Waals surface area contributed by atoms with E-state index < -0.39 is 0 Å². The summed E-state index contributed by atoms with van der Waals surface area (Å²) in [4.78, 5) is 9.32. The van der Waals surface area contributed by atoms with Gasteiger partial charge in [0.1, 0.15) is 0 Å². The van der Waals surface area contributed by atoms with Gasteiger partial charge in [0.15, 0.2) is 5.82 Å². The van der Waals surface area contributed by atoms with Gasteiger partial charge in [-0.05, 0) is 54.6 Å². The Morgan fingerprint density at radius 2 is 1.21 bits per heavy atom. The van der Waals surface area contributed by atoms with Crippen molar-refractivity contribution in [1.29, 1.82) is 0 Å². The molecule has 160 valence electrons. The topological polar surface area (TPSA) is 35.1 Å². The Labute approximate surface area is 196 Å². The standard InChI is InChI=1S/C30H20N4/c1-3-10-28-26(8-1)27-9-2-4-11-29(27)34(28)24-14-12-21(13-15-24)30-31-18-23(19-32-30)22-17-25-7-5-6-16-33(25)20-22/h1-20H. The van der Waals surface area contributed by atoms with Gasteiger partial charge in [0.2, 0.25) is 0 Å². The Bertz CT molecular complexity index is 1700. The van der Waals surface area contributed by atoms with E-state index in [1.54, 1.807) is 0 Å². The van der Waals surface area contributed by atoms with Crippen LogP contribution in [0.25, 0.3) is 55.5 Å². The van der Waals surface area contributed by atoms with Gasteiger partial charge in [-0.15, -0.1) is 0 Å². The largest absolute Gasteiger partial charge is 0.323 e. The summed E-state index contributed by atoms with van der Waals surface area (Å²) < 4.78 is 4.42. The van der Waals surface area contributed by atoms with Crippen molar-refractivity contribution >= 4 is 27.3 Å². The maximum absolute atomic E-state index is 4.66.